The average molecular weight is 549 g/mol. The number of hydrogen-bond acceptors (Lipinski definition) is 2. The first-order valence-electron chi connectivity index (χ1n) is 18.5. The molecule has 2 nitrogen and oxygen atoms in total. The van der Waals surface area contributed by atoms with Gasteiger partial charge < -0.3 is 11.5 Å². The van der Waals surface area contributed by atoms with Crippen molar-refractivity contribution in [3.8, 4) is 0 Å². The lowest BCUT2D eigenvalue weighted by atomic mass is 9.56. The van der Waals surface area contributed by atoms with E-state index in [9.17, 15) is 0 Å². The Kier molecular flexibility index (Phi) is 23.2. The second-order valence-electron chi connectivity index (χ2n) is 14.2. The SMILES string of the molecule is CCCCCCCCCCC1(CN)CC(N)CC(CCCCCCCCCC)(CCCCCCCCCC)C1. The van der Waals surface area contributed by atoms with Crippen molar-refractivity contribution in [3.05, 3.63) is 0 Å². The molecule has 0 heterocycles. The van der Waals surface area contributed by atoms with Crippen molar-refractivity contribution >= 4 is 0 Å². The van der Waals surface area contributed by atoms with Gasteiger partial charge in [-0.2, -0.15) is 0 Å². The minimum absolute atomic E-state index is 0.306. The van der Waals surface area contributed by atoms with Crippen LogP contribution < -0.4 is 11.5 Å². The summed E-state index contributed by atoms with van der Waals surface area (Å²) < 4.78 is 0. The van der Waals surface area contributed by atoms with E-state index in [4.69, 9.17) is 11.5 Å². The van der Waals surface area contributed by atoms with Crippen LogP contribution in [-0.2, 0) is 0 Å². The number of nitrogens with two attached hydrogens (primary N) is 2. The highest BCUT2D eigenvalue weighted by atomic mass is 14.7. The van der Waals surface area contributed by atoms with E-state index < -0.39 is 0 Å². The van der Waals surface area contributed by atoms with Crippen molar-refractivity contribution in [2.75, 3.05) is 6.54 Å². The molecule has 234 valence electrons. The Morgan fingerprint density at radius 1 is 0.436 bits per heavy atom. The van der Waals surface area contributed by atoms with Crippen molar-refractivity contribution in [2.24, 2.45) is 22.3 Å². The highest BCUT2D eigenvalue weighted by molar-refractivity contribution is 4.99. The lowest BCUT2D eigenvalue weighted by Crippen LogP contribution is -2.49. The van der Waals surface area contributed by atoms with Gasteiger partial charge in [-0.25, -0.2) is 0 Å². The zero-order valence-corrected chi connectivity index (χ0v) is 27.7. The molecular formula is C37H76N2. The van der Waals surface area contributed by atoms with E-state index in [1.54, 1.807) is 0 Å². The van der Waals surface area contributed by atoms with E-state index in [0.717, 1.165) is 6.54 Å². The summed E-state index contributed by atoms with van der Waals surface area (Å²) in [6.45, 7) is 7.80. The first-order valence-corrected chi connectivity index (χ1v) is 18.5. The minimum atomic E-state index is 0.306. The summed E-state index contributed by atoms with van der Waals surface area (Å²) in [5.41, 5.74) is 14.3. The van der Waals surface area contributed by atoms with Crippen LogP contribution in [0.25, 0.3) is 0 Å². The normalized spacial score (nSPS) is 21.0. The van der Waals surface area contributed by atoms with Gasteiger partial charge in [0.2, 0.25) is 0 Å². The third-order valence-electron chi connectivity index (χ3n) is 10.3. The molecule has 1 fully saturated rings. The molecule has 2 atom stereocenters. The third kappa shape index (κ3) is 18.1. The summed E-state index contributed by atoms with van der Waals surface area (Å²) in [6.07, 6.45) is 41.9. The van der Waals surface area contributed by atoms with Gasteiger partial charge in [-0.05, 0) is 55.9 Å². The lowest BCUT2D eigenvalue weighted by molar-refractivity contribution is 0.0233. The molecule has 1 rings (SSSR count). The molecule has 1 aliphatic carbocycles. The zero-order chi connectivity index (χ0) is 28.5. The van der Waals surface area contributed by atoms with Crippen LogP contribution in [0.3, 0.4) is 0 Å². The van der Waals surface area contributed by atoms with E-state index in [1.165, 1.54) is 193 Å². The number of unbranched alkanes of at least 4 members (excludes halogenated alkanes) is 21. The summed E-state index contributed by atoms with van der Waals surface area (Å²) in [4.78, 5) is 0. The van der Waals surface area contributed by atoms with Gasteiger partial charge in [0.1, 0.15) is 0 Å². The van der Waals surface area contributed by atoms with Gasteiger partial charge in [0.15, 0.2) is 0 Å². The minimum Gasteiger partial charge on any atom is -0.330 e. The van der Waals surface area contributed by atoms with Crippen LogP contribution in [0, 0.1) is 10.8 Å². The highest BCUT2D eigenvalue weighted by Crippen LogP contribution is 2.53. The van der Waals surface area contributed by atoms with E-state index in [2.05, 4.69) is 20.8 Å². The van der Waals surface area contributed by atoms with Gasteiger partial charge in [0, 0.05) is 6.04 Å². The predicted molar refractivity (Wildman–Crippen MR) is 177 cm³/mol. The van der Waals surface area contributed by atoms with Crippen molar-refractivity contribution in [1.82, 2.24) is 0 Å². The first-order chi connectivity index (χ1) is 19.1. The maximum Gasteiger partial charge on any atom is 0.00498 e. The smallest absolute Gasteiger partial charge is 0.00498 e. The molecule has 0 radical (unpaired) electrons. The Morgan fingerprint density at radius 3 is 1.05 bits per heavy atom. The fourth-order valence-corrected chi connectivity index (χ4v) is 7.98. The van der Waals surface area contributed by atoms with E-state index in [1.807, 2.05) is 0 Å². The van der Waals surface area contributed by atoms with Crippen LogP contribution >= 0.6 is 0 Å². The molecule has 1 saturated carbocycles. The fourth-order valence-electron chi connectivity index (χ4n) is 7.98. The molecule has 0 aromatic carbocycles. The van der Waals surface area contributed by atoms with Crippen LogP contribution in [-0.4, -0.2) is 12.6 Å². The molecule has 0 spiro atoms. The van der Waals surface area contributed by atoms with Crippen molar-refractivity contribution in [1.29, 1.82) is 0 Å². The molecule has 39 heavy (non-hydrogen) atoms. The number of rotatable bonds is 28. The van der Waals surface area contributed by atoms with Crippen LogP contribution in [0.4, 0.5) is 0 Å². The molecule has 0 aromatic rings. The fraction of sp³-hybridized carbons (Fsp3) is 1.00. The van der Waals surface area contributed by atoms with E-state index in [-0.39, 0.29) is 0 Å². The Bertz CT molecular complexity index is 498. The quantitative estimate of drug-likeness (QED) is 0.0955. The van der Waals surface area contributed by atoms with Crippen LogP contribution in [0.2, 0.25) is 0 Å². The second-order valence-corrected chi connectivity index (χ2v) is 14.2. The Labute approximate surface area is 248 Å². The Morgan fingerprint density at radius 2 is 0.718 bits per heavy atom. The molecular weight excluding hydrogens is 472 g/mol. The predicted octanol–water partition coefficient (Wildman–Crippen LogP) is 12.0. The first kappa shape index (κ1) is 36.9. The Balaban J connectivity index is 2.61. The summed E-state index contributed by atoms with van der Waals surface area (Å²) in [5, 5.41) is 0. The summed E-state index contributed by atoms with van der Waals surface area (Å²) in [5.74, 6) is 0. The Hall–Kier alpha value is -0.0800. The van der Waals surface area contributed by atoms with E-state index >= 15 is 0 Å². The summed E-state index contributed by atoms with van der Waals surface area (Å²) in [6, 6.07) is 0.361. The highest BCUT2D eigenvalue weighted by Gasteiger charge is 2.45. The van der Waals surface area contributed by atoms with Crippen LogP contribution in [0.15, 0.2) is 0 Å². The topological polar surface area (TPSA) is 52.0 Å². The van der Waals surface area contributed by atoms with Gasteiger partial charge in [-0.15, -0.1) is 0 Å². The molecule has 0 bridgehead atoms. The van der Waals surface area contributed by atoms with Gasteiger partial charge in [0.25, 0.3) is 0 Å². The number of hydrogen-bond donors (Lipinski definition) is 2. The van der Waals surface area contributed by atoms with Gasteiger partial charge in [0.05, 0.1) is 0 Å². The van der Waals surface area contributed by atoms with Crippen molar-refractivity contribution < 1.29 is 0 Å². The van der Waals surface area contributed by atoms with Crippen molar-refractivity contribution in [2.45, 2.75) is 219 Å². The molecule has 0 aromatic heterocycles. The average Bonchev–Trinajstić information content (AvgIpc) is 2.93. The molecule has 2 unspecified atom stereocenters. The summed E-state index contributed by atoms with van der Waals surface area (Å²) in [7, 11) is 0. The zero-order valence-electron chi connectivity index (χ0n) is 27.7. The van der Waals surface area contributed by atoms with Crippen LogP contribution in [0.5, 0.6) is 0 Å². The standard InChI is InChI=1S/C37H76N2/c1-4-7-10-13-16-19-22-25-28-36(29-26-23-20-17-14-11-8-5-2)31-35(39)32-37(33-36,34-38)30-27-24-21-18-15-12-9-6-3/h35H,4-34,38-39H2,1-3H3. The third-order valence-corrected chi connectivity index (χ3v) is 10.3. The molecule has 0 amide bonds. The molecule has 4 N–H and O–H groups in total. The molecule has 0 aliphatic heterocycles. The van der Waals surface area contributed by atoms with Gasteiger partial charge in [-0.1, -0.05) is 175 Å². The van der Waals surface area contributed by atoms with E-state index in [0.29, 0.717) is 16.9 Å². The largest absolute Gasteiger partial charge is 0.330 e. The molecule has 2 heteroatoms. The van der Waals surface area contributed by atoms with Gasteiger partial charge >= 0.3 is 0 Å². The maximum atomic E-state index is 6.90. The molecule has 1 aliphatic rings. The summed E-state index contributed by atoms with van der Waals surface area (Å²) >= 11 is 0. The van der Waals surface area contributed by atoms with Gasteiger partial charge in [-0.3, -0.25) is 0 Å². The monoisotopic (exact) mass is 549 g/mol. The van der Waals surface area contributed by atoms with Crippen LogP contribution in [0.1, 0.15) is 213 Å². The van der Waals surface area contributed by atoms with Crippen molar-refractivity contribution in [3.63, 3.8) is 0 Å². The second kappa shape index (κ2) is 24.5. The maximum absolute atomic E-state index is 6.90. The lowest BCUT2D eigenvalue weighted by Gasteiger charge is -2.51. The molecule has 0 saturated heterocycles.